The average Bonchev–Trinajstić information content (AvgIpc) is 2.34. The second kappa shape index (κ2) is 7.79. The molecule has 1 amide bonds. The van der Waals surface area contributed by atoms with Gasteiger partial charge in [0.1, 0.15) is 5.82 Å². The third kappa shape index (κ3) is 5.75. The van der Waals surface area contributed by atoms with Crippen LogP contribution in [0.15, 0.2) is 24.3 Å². The first-order valence-electron chi connectivity index (χ1n) is 6.00. The van der Waals surface area contributed by atoms with Crippen molar-refractivity contribution >= 4 is 11.6 Å². The maximum absolute atomic E-state index is 12.9. The number of benzene rings is 1. The van der Waals surface area contributed by atoms with E-state index in [1.807, 2.05) is 14.1 Å². The summed E-state index contributed by atoms with van der Waals surface area (Å²) in [7, 11) is 3.86. The summed E-state index contributed by atoms with van der Waals surface area (Å²) in [5.41, 5.74) is 0.498. The van der Waals surface area contributed by atoms with Crippen molar-refractivity contribution in [1.82, 2.24) is 10.2 Å². The van der Waals surface area contributed by atoms with Crippen LogP contribution in [-0.2, 0) is 4.79 Å². The number of rotatable bonds is 7. The molecule has 0 aliphatic heterocycles. The summed E-state index contributed by atoms with van der Waals surface area (Å²) in [5, 5.41) is 5.72. The minimum absolute atomic E-state index is 0.100. The van der Waals surface area contributed by atoms with Crippen LogP contribution >= 0.6 is 0 Å². The van der Waals surface area contributed by atoms with Crippen LogP contribution in [0, 0.1) is 5.82 Å². The van der Waals surface area contributed by atoms with Gasteiger partial charge < -0.3 is 15.5 Å². The maximum atomic E-state index is 12.9. The summed E-state index contributed by atoms with van der Waals surface area (Å²) in [4.78, 5) is 13.7. The highest BCUT2D eigenvalue weighted by molar-refractivity contribution is 5.90. The Morgan fingerprint density at radius 1 is 1.39 bits per heavy atom. The highest BCUT2D eigenvalue weighted by atomic mass is 19.1. The zero-order valence-electron chi connectivity index (χ0n) is 10.9. The van der Waals surface area contributed by atoms with E-state index in [2.05, 4.69) is 15.5 Å². The topological polar surface area (TPSA) is 44.4 Å². The van der Waals surface area contributed by atoms with Gasteiger partial charge in [0.05, 0.1) is 0 Å². The lowest BCUT2D eigenvalue weighted by Gasteiger charge is -2.15. The number of hydrogen-bond acceptors (Lipinski definition) is 3. The summed E-state index contributed by atoms with van der Waals surface area (Å²) in [6.45, 7) is 2.47. The quantitative estimate of drug-likeness (QED) is 0.770. The van der Waals surface area contributed by atoms with Crippen molar-refractivity contribution in [3.8, 4) is 0 Å². The highest BCUT2D eigenvalue weighted by Gasteiger charge is 2.05. The first-order chi connectivity index (χ1) is 8.61. The van der Waals surface area contributed by atoms with Crippen LogP contribution in [-0.4, -0.2) is 44.5 Å². The van der Waals surface area contributed by atoms with Crippen molar-refractivity contribution in [2.75, 3.05) is 39.0 Å². The molecule has 1 rings (SSSR count). The first kappa shape index (κ1) is 14.6. The summed E-state index contributed by atoms with van der Waals surface area (Å²) < 4.78 is 12.9. The van der Waals surface area contributed by atoms with Gasteiger partial charge in [-0.05, 0) is 32.3 Å². The summed E-state index contributed by atoms with van der Waals surface area (Å²) in [6.07, 6.45) is 0.400. The number of likely N-dealkylation sites (N-methyl/N-ethyl adjacent to an activating group) is 2. The van der Waals surface area contributed by atoms with Gasteiger partial charge in [0, 0.05) is 31.7 Å². The molecule has 0 radical (unpaired) electrons. The Kier molecular flexibility index (Phi) is 6.32. The van der Waals surface area contributed by atoms with E-state index in [0.29, 0.717) is 18.7 Å². The van der Waals surface area contributed by atoms with Crippen molar-refractivity contribution in [3.05, 3.63) is 30.1 Å². The predicted octanol–water partition coefficient (Wildman–Crippen LogP) is 1.31. The fourth-order valence-corrected chi connectivity index (χ4v) is 1.50. The van der Waals surface area contributed by atoms with Crippen molar-refractivity contribution in [2.24, 2.45) is 0 Å². The van der Waals surface area contributed by atoms with Crippen LogP contribution < -0.4 is 10.6 Å². The molecule has 0 fully saturated rings. The number of amides is 1. The number of halogens is 1. The zero-order valence-corrected chi connectivity index (χ0v) is 10.9. The molecule has 0 aliphatic carbocycles. The third-order valence-electron chi connectivity index (χ3n) is 2.57. The van der Waals surface area contributed by atoms with E-state index in [0.717, 1.165) is 13.1 Å². The third-order valence-corrected chi connectivity index (χ3v) is 2.57. The minimum Gasteiger partial charge on any atom is -0.326 e. The molecular formula is C13H20FN3O. The fraction of sp³-hybridized carbons (Fsp3) is 0.462. The number of anilines is 1. The van der Waals surface area contributed by atoms with E-state index in [9.17, 15) is 9.18 Å². The van der Waals surface area contributed by atoms with Gasteiger partial charge in [0.15, 0.2) is 0 Å². The molecule has 100 valence electrons. The molecule has 4 nitrogen and oxygen atoms in total. The van der Waals surface area contributed by atoms with Gasteiger partial charge in [-0.2, -0.15) is 0 Å². The lowest BCUT2D eigenvalue weighted by molar-refractivity contribution is -0.116. The fourth-order valence-electron chi connectivity index (χ4n) is 1.50. The van der Waals surface area contributed by atoms with Crippen LogP contribution in [0.25, 0.3) is 0 Å². The lowest BCUT2D eigenvalue weighted by atomic mass is 10.3. The normalized spacial score (nSPS) is 10.7. The van der Waals surface area contributed by atoms with E-state index >= 15 is 0 Å². The van der Waals surface area contributed by atoms with Gasteiger partial charge in [0.25, 0.3) is 0 Å². The predicted molar refractivity (Wildman–Crippen MR) is 71.1 cm³/mol. The Hall–Kier alpha value is -1.46. The van der Waals surface area contributed by atoms with Gasteiger partial charge in [0.2, 0.25) is 5.91 Å². The molecule has 0 saturated carbocycles. The second-order valence-corrected chi connectivity index (χ2v) is 4.22. The molecule has 18 heavy (non-hydrogen) atoms. The van der Waals surface area contributed by atoms with Crippen molar-refractivity contribution in [1.29, 1.82) is 0 Å². The molecule has 0 bridgehead atoms. The van der Waals surface area contributed by atoms with Crippen LogP contribution in [0.3, 0.4) is 0 Å². The molecule has 0 unspecified atom stereocenters. The van der Waals surface area contributed by atoms with Crippen LogP contribution in [0.4, 0.5) is 10.1 Å². The average molecular weight is 253 g/mol. The van der Waals surface area contributed by atoms with E-state index in [1.54, 1.807) is 12.1 Å². The molecule has 0 heterocycles. The Labute approximate surface area is 107 Å². The smallest absolute Gasteiger partial charge is 0.225 e. The van der Waals surface area contributed by atoms with Crippen LogP contribution in [0.1, 0.15) is 6.42 Å². The maximum Gasteiger partial charge on any atom is 0.225 e. The minimum atomic E-state index is -0.348. The monoisotopic (exact) mass is 253 g/mol. The van der Waals surface area contributed by atoms with E-state index in [-0.39, 0.29) is 11.7 Å². The van der Waals surface area contributed by atoms with E-state index in [4.69, 9.17) is 0 Å². The Morgan fingerprint density at radius 2 is 2.17 bits per heavy atom. The van der Waals surface area contributed by atoms with Gasteiger partial charge in [-0.1, -0.05) is 6.07 Å². The molecular weight excluding hydrogens is 233 g/mol. The van der Waals surface area contributed by atoms with E-state index in [1.165, 1.54) is 12.1 Å². The number of carbonyl (C=O) groups excluding carboxylic acids is 1. The SMILES string of the molecule is CNCCN(C)CCC(=O)Nc1cccc(F)c1. The Morgan fingerprint density at radius 3 is 2.83 bits per heavy atom. The highest BCUT2D eigenvalue weighted by Crippen LogP contribution is 2.09. The van der Waals surface area contributed by atoms with Crippen molar-refractivity contribution in [3.63, 3.8) is 0 Å². The summed E-state index contributed by atoms with van der Waals surface area (Å²) in [6, 6.07) is 5.90. The van der Waals surface area contributed by atoms with Gasteiger partial charge in [-0.25, -0.2) is 4.39 Å². The van der Waals surface area contributed by atoms with Gasteiger partial charge in [-0.3, -0.25) is 4.79 Å². The van der Waals surface area contributed by atoms with Crippen molar-refractivity contribution < 1.29 is 9.18 Å². The summed E-state index contributed by atoms with van der Waals surface area (Å²) in [5.74, 6) is -0.448. The molecule has 0 spiro atoms. The number of hydrogen-bond donors (Lipinski definition) is 2. The van der Waals surface area contributed by atoms with Crippen LogP contribution in [0.5, 0.6) is 0 Å². The molecule has 1 aromatic rings. The standard InChI is InChI=1S/C13H20FN3O/c1-15-7-9-17(2)8-6-13(18)16-12-5-3-4-11(14)10-12/h3-5,10,15H,6-9H2,1-2H3,(H,16,18). The second-order valence-electron chi connectivity index (χ2n) is 4.22. The Bertz CT molecular complexity index is 384. The molecule has 5 heteroatoms. The molecule has 0 saturated heterocycles. The van der Waals surface area contributed by atoms with E-state index < -0.39 is 0 Å². The molecule has 2 N–H and O–H groups in total. The number of carbonyl (C=O) groups is 1. The van der Waals surface area contributed by atoms with Gasteiger partial charge >= 0.3 is 0 Å². The zero-order chi connectivity index (χ0) is 13.4. The molecule has 0 aromatic heterocycles. The summed E-state index contributed by atoms with van der Waals surface area (Å²) >= 11 is 0. The largest absolute Gasteiger partial charge is 0.326 e. The molecule has 0 aliphatic rings. The number of nitrogens with one attached hydrogen (secondary N) is 2. The lowest BCUT2D eigenvalue weighted by Crippen LogP contribution is -2.30. The number of nitrogens with zero attached hydrogens (tertiary/aromatic N) is 1. The Balaban J connectivity index is 2.29. The molecule has 0 atom stereocenters. The molecule has 1 aromatic carbocycles. The van der Waals surface area contributed by atoms with Gasteiger partial charge in [-0.15, -0.1) is 0 Å². The van der Waals surface area contributed by atoms with Crippen LogP contribution in [0.2, 0.25) is 0 Å². The van der Waals surface area contributed by atoms with Crippen molar-refractivity contribution in [2.45, 2.75) is 6.42 Å². The first-order valence-corrected chi connectivity index (χ1v) is 6.00.